The van der Waals surface area contributed by atoms with Crippen LogP contribution in [-0.4, -0.2) is 20.4 Å². The van der Waals surface area contributed by atoms with E-state index in [1.54, 1.807) is 13.1 Å². The zero-order valence-electron chi connectivity index (χ0n) is 6.94. The Morgan fingerprint density at radius 1 is 1.50 bits per heavy atom. The Bertz CT molecular complexity index is 321. The standard InChI is InChI=1S/C8H10N2O2/c1-5-3-9-10-8(6(5)2)7(12)4-11/h3-4,11-12H,1-2H3. The van der Waals surface area contributed by atoms with Gasteiger partial charge in [0.1, 0.15) is 12.0 Å². The van der Waals surface area contributed by atoms with Gasteiger partial charge >= 0.3 is 0 Å². The van der Waals surface area contributed by atoms with E-state index in [2.05, 4.69) is 10.2 Å². The Morgan fingerprint density at radius 2 is 2.17 bits per heavy atom. The highest BCUT2D eigenvalue weighted by Crippen LogP contribution is 2.14. The molecule has 0 saturated carbocycles. The van der Waals surface area contributed by atoms with E-state index in [0.717, 1.165) is 11.1 Å². The summed E-state index contributed by atoms with van der Waals surface area (Å²) in [6, 6.07) is 0. The van der Waals surface area contributed by atoms with Crippen molar-refractivity contribution in [2.24, 2.45) is 0 Å². The molecule has 1 heterocycles. The number of nitrogens with zero attached hydrogens (tertiary/aromatic N) is 2. The Hall–Kier alpha value is -1.58. The van der Waals surface area contributed by atoms with E-state index in [9.17, 15) is 0 Å². The van der Waals surface area contributed by atoms with Crippen LogP contribution in [0, 0.1) is 13.8 Å². The molecular formula is C8H10N2O2. The van der Waals surface area contributed by atoms with Crippen molar-refractivity contribution in [3.8, 4) is 0 Å². The molecule has 0 bridgehead atoms. The molecule has 12 heavy (non-hydrogen) atoms. The van der Waals surface area contributed by atoms with Gasteiger partial charge in [0.15, 0.2) is 5.76 Å². The van der Waals surface area contributed by atoms with Crippen molar-refractivity contribution < 1.29 is 10.2 Å². The number of rotatable bonds is 1. The van der Waals surface area contributed by atoms with Crippen LogP contribution in [0.4, 0.5) is 0 Å². The quantitative estimate of drug-likeness (QED) is 0.620. The predicted octanol–water partition coefficient (Wildman–Crippen LogP) is 1.51. The highest BCUT2D eigenvalue weighted by Gasteiger charge is 2.07. The third-order valence-corrected chi connectivity index (χ3v) is 1.72. The van der Waals surface area contributed by atoms with Gasteiger partial charge in [0.2, 0.25) is 0 Å². The highest BCUT2D eigenvalue weighted by molar-refractivity contribution is 5.57. The van der Waals surface area contributed by atoms with E-state index < -0.39 is 0 Å². The summed E-state index contributed by atoms with van der Waals surface area (Å²) in [6.07, 6.45) is 2.21. The van der Waals surface area contributed by atoms with Crippen molar-refractivity contribution >= 4 is 5.76 Å². The van der Waals surface area contributed by atoms with Crippen LogP contribution in [0.5, 0.6) is 0 Å². The largest absolute Gasteiger partial charge is 0.512 e. The van der Waals surface area contributed by atoms with Crippen LogP contribution in [0.2, 0.25) is 0 Å². The topological polar surface area (TPSA) is 66.2 Å². The van der Waals surface area contributed by atoms with Gasteiger partial charge in [-0.15, -0.1) is 5.10 Å². The van der Waals surface area contributed by atoms with Crippen molar-refractivity contribution in [3.63, 3.8) is 0 Å². The fraction of sp³-hybridized carbons (Fsp3) is 0.250. The lowest BCUT2D eigenvalue weighted by atomic mass is 10.1. The minimum absolute atomic E-state index is 0.260. The maximum Gasteiger partial charge on any atom is 0.178 e. The molecule has 1 aromatic rings. The summed E-state index contributed by atoms with van der Waals surface area (Å²) in [7, 11) is 0. The molecule has 4 heteroatoms. The third-order valence-electron chi connectivity index (χ3n) is 1.72. The summed E-state index contributed by atoms with van der Waals surface area (Å²) in [5.41, 5.74) is 2.05. The average Bonchev–Trinajstić information content (AvgIpc) is 2.08. The summed E-state index contributed by atoms with van der Waals surface area (Å²) < 4.78 is 0. The van der Waals surface area contributed by atoms with Crippen LogP contribution in [-0.2, 0) is 0 Å². The lowest BCUT2D eigenvalue weighted by Crippen LogP contribution is -1.98. The van der Waals surface area contributed by atoms with Gasteiger partial charge in [0, 0.05) is 0 Å². The minimum Gasteiger partial charge on any atom is -0.512 e. The first kappa shape index (κ1) is 8.52. The lowest BCUT2D eigenvalue weighted by Gasteiger charge is -2.03. The second-order valence-electron chi connectivity index (χ2n) is 2.52. The average molecular weight is 166 g/mol. The third kappa shape index (κ3) is 1.37. The molecule has 1 aromatic heterocycles. The summed E-state index contributed by atoms with van der Waals surface area (Å²) in [5, 5.41) is 25.0. The number of hydrogen-bond acceptors (Lipinski definition) is 4. The molecule has 0 aliphatic carbocycles. The van der Waals surface area contributed by atoms with Crippen molar-refractivity contribution in [1.29, 1.82) is 0 Å². The zero-order valence-corrected chi connectivity index (χ0v) is 6.94. The minimum atomic E-state index is -0.260. The number of aromatic nitrogens is 2. The molecule has 0 fully saturated rings. The first-order valence-corrected chi connectivity index (χ1v) is 3.49. The van der Waals surface area contributed by atoms with Crippen LogP contribution >= 0.6 is 0 Å². The number of aliphatic hydroxyl groups is 2. The van der Waals surface area contributed by atoms with Gasteiger partial charge in [0.25, 0.3) is 0 Å². The SMILES string of the molecule is Cc1cnnc(C(O)=CO)c1C. The van der Waals surface area contributed by atoms with Gasteiger partial charge in [0.05, 0.1) is 6.20 Å². The number of hydrogen-bond donors (Lipinski definition) is 2. The molecule has 0 atom stereocenters. The first-order chi connectivity index (χ1) is 5.66. The molecule has 2 N–H and O–H groups in total. The van der Waals surface area contributed by atoms with E-state index in [4.69, 9.17) is 10.2 Å². The molecule has 0 unspecified atom stereocenters. The molecule has 1 rings (SSSR count). The van der Waals surface area contributed by atoms with Crippen LogP contribution in [0.1, 0.15) is 16.8 Å². The van der Waals surface area contributed by atoms with E-state index in [1.807, 2.05) is 6.92 Å². The monoisotopic (exact) mass is 166 g/mol. The van der Waals surface area contributed by atoms with Crippen LogP contribution in [0.25, 0.3) is 5.76 Å². The molecular weight excluding hydrogens is 156 g/mol. The maximum absolute atomic E-state index is 9.14. The number of aryl methyl sites for hydroxylation is 1. The molecule has 0 aliphatic heterocycles. The van der Waals surface area contributed by atoms with Crippen LogP contribution in [0.3, 0.4) is 0 Å². The van der Waals surface area contributed by atoms with E-state index in [-0.39, 0.29) is 5.76 Å². The molecule has 0 aromatic carbocycles. The second kappa shape index (κ2) is 3.21. The fourth-order valence-electron chi connectivity index (χ4n) is 0.836. The lowest BCUT2D eigenvalue weighted by molar-refractivity contribution is 0.429. The van der Waals surface area contributed by atoms with Crippen LogP contribution in [0.15, 0.2) is 12.5 Å². The van der Waals surface area contributed by atoms with E-state index >= 15 is 0 Å². The van der Waals surface area contributed by atoms with Crippen molar-refractivity contribution in [1.82, 2.24) is 10.2 Å². The van der Waals surface area contributed by atoms with Gasteiger partial charge in [-0.05, 0) is 25.0 Å². The second-order valence-corrected chi connectivity index (χ2v) is 2.52. The van der Waals surface area contributed by atoms with E-state index in [0.29, 0.717) is 12.0 Å². The maximum atomic E-state index is 9.14. The van der Waals surface area contributed by atoms with Crippen LogP contribution < -0.4 is 0 Å². The van der Waals surface area contributed by atoms with Crippen molar-refractivity contribution in [3.05, 3.63) is 29.3 Å². The summed E-state index contributed by atoms with van der Waals surface area (Å²) >= 11 is 0. The van der Waals surface area contributed by atoms with Gasteiger partial charge in [-0.2, -0.15) is 5.10 Å². The zero-order chi connectivity index (χ0) is 9.14. The van der Waals surface area contributed by atoms with Gasteiger partial charge < -0.3 is 10.2 Å². The highest BCUT2D eigenvalue weighted by atomic mass is 16.3. The Kier molecular flexibility index (Phi) is 2.28. The Balaban J connectivity index is 3.26. The van der Waals surface area contributed by atoms with Gasteiger partial charge in [-0.3, -0.25) is 0 Å². The van der Waals surface area contributed by atoms with Crippen molar-refractivity contribution in [2.75, 3.05) is 0 Å². The molecule has 4 nitrogen and oxygen atoms in total. The van der Waals surface area contributed by atoms with Gasteiger partial charge in [-0.25, -0.2) is 0 Å². The molecule has 0 spiro atoms. The normalized spacial score (nSPS) is 11.7. The summed E-state index contributed by atoms with van der Waals surface area (Å²) in [6.45, 7) is 3.66. The molecule has 0 aliphatic rings. The van der Waals surface area contributed by atoms with Crippen molar-refractivity contribution in [2.45, 2.75) is 13.8 Å². The smallest absolute Gasteiger partial charge is 0.178 e. The van der Waals surface area contributed by atoms with Gasteiger partial charge in [-0.1, -0.05) is 0 Å². The number of aliphatic hydroxyl groups excluding tert-OH is 2. The molecule has 64 valence electrons. The Labute approximate surface area is 70.2 Å². The first-order valence-electron chi connectivity index (χ1n) is 3.49. The molecule has 0 radical (unpaired) electrons. The summed E-state index contributed by atoms with van der Waals surface area (Å²) in [4.78, 5) is 0. The predicted molar refractivity (Wildman–Crippen MR) is 44.7 cm³/mol. The fourth-order valence-corrected chi connectivity index (χ4v) is 0.836. The van der Waals surface area contributed by atoms with E-state index in [1.165, 1.54) is 0 Å². The summed E-state index contributed by atoms with van der Waals surface area (Å²) in [5.74, 6) is -0.260. The molecule has 0 amide bonds. The Morgan fingerprint density at radius 3 is 2.75 bits per heavy atom. The molecule has 0 saturated heterocycles.